The lowest BCUT2D eigenvalue weighted by atomic mass is 9.83. The van der Waals surface area contributed by atoms with Crippen LogP contribution in [0.3, 0.4) is 0 Å². The van der Waals surface area contributed by atoms with Gasteiger partial charge in [0.15, 0.2) is 11.4 Å². The van der Waals surface area contributed by atoms with Crippen LogP contribution in [0.5, 0.6) is 0 Å². The zero-order valence-electron chi connectivity index (χ0n) is 21.8. The molecule has 0 bridgehead atoms. The first-order valence-corrected chi connectivity index (χ1v) is 13.8. The van der Waals surface area contributed by atoms with Crippen molar-refractivity contribution in [2.45, 2.75) is 76.9 Å². The Morgan fingerprint density at radius 2 is 1.89 bits per heavy atom. The Morgan fingerprint density at radius 1 is 1.11 bits per heavy atom. The number of hydrogen-bond donors (Lipinski definition) is 1. The van der Waals surface area contributed by atoms with E-state index in [1.54, 1.807) is 6.07 Å². The number of aromatic nitrogens is 1. The number of carbonyl (C=O) groups is 1. The highest BCUT2D eigenvalue weighted by Gasteiger charge is 2.31. The van der Waals surface area contributed by atoms with Crippen LogP contribution in [0.4, 0.5) is 10.2 Å². The summed E-state index contributed by atoms with van der Waals surface area (Å²) < 4.78 is 24.9. The van der Waals surface area contributed by atoms with Gasteiger partial charge >= 0.3 is 0 Å². The van der Waals surface area contributed by atoms with E-state index in [0.29, 0.717) is 24.0 Å². The number of ether oxygens (including phenoxy) is 1. The molecule has 1 aromatic heterocycles. The van der Waals surface area contributed by atoms with Crippen LogP contribution in [0.25, 0.3) is 11.0 Å². The minimum absolute atomic E-state index is 0.0994. The second-order valence-corrected chi connectivity index (χ2v) is 11.7. The van der Waals surface area contributed by atoms with Gasteiger partial charge in [-0.05, 0) is 95.4 Å². The zero-order chi connectivity index (χ0) is 25.1. The summed E-state index contributed by atoms with van der Waals surface area (Å²) in [7, 11) is 0. The van der Waals surface area contributed by atoms with Crippen LogP contribution in [-0.2, 0) is 9.53 Å². The second-order valence-electron chi connectivity index (χ2n) is 11.7. The Hall–Kier alpha value is -2.19. The van der Waals surface area contributed by atoms with E-state index in [1.807, 2.05) is 0 Å². The molecule has 3 heterocycles. The van der Waals surface area contributed by atoms with Crippen LogP contribution in [-0.4, -0.2) is 66.9 Å². The van der Waals surface area contributed by atoms with E-state index in [4.69, 9.17) is 9.26 Å². The molecule has 198 valence electrons. The van der Waals surface area contributed by atoms with Crippen LogP contribution in [0.15, 0.2) is 22.7 Å². The molecule has 1 amide bonds. The minimum atomic E-state index is -0.261. The maximum absolute atomic E-state index is 13.7. The van der Waals surface area contributed by atoms with Crippen LogP contribution in [0, 0.1) is 17.7 Å². The molecule has 1 aromatic carbocycles. The molecule has 2 saturated heterocycles. The summed E-state index contributed by atoms with van der Waals surface area (Å²) in [5, 5.41) is 8.28. The standard InChI is InChI=1S/C28H41FN4O3/c1-28(2)19-21(10-16-35-28)17-26(34)30-23-6-3-20(4-7-23)9-11-32-12-14-33(15-13-32)27-24-18-22(29)5-8-25(24)36-31-27/h5,8,18,20-21,23H,3-4,6-7,9-17,19H2,1-2H3,(H,30,34)/t20?,21-,23?/m0/s1. The van der Waals surface area contributed by atoms with Crippen molar-refractivity contribution >= 4 is 22.7 Å². The fourth-order valence-electron chi connectivity index (χ4n) is 6.35. The number of anilines is 1. The monoisotopic (exact) mass is 500 g/mol. The number of piperazine rings is 1. The van der Waals surface area contributed by atoms with Gasteiger partial charge < -0.3 is 19.5 Å². The normalized spacial score (nSPS) is 27.3. The third kappa shape index (κ3) is 6.38. The molecule has 2 aliphatic heterocycles. The topological polar surface area (TPSA) is 70.8 Å². The minimum Gasteiger partial charge on any atom is -0.376 e. The molecule has 5 rings (SSSR count). The first-order valence-electron chi connectivity index (χ1n) is 13.8. The lowest BCUT2D eigenvalue weighted by molar-refractivity contribution is -0.125. The third-order valence-electron chi connectivity index (χ3n) is 8.42. The lowest BCUT2D eigenvalue weighted by Gasteiger charge is -2.36. The zero-order valence-corrected chi connectivity index (χ0v) is 21.8. The molecule has 0 radical (unpaired) electrons. The second kappa shape index (κ2) is 11.1. The largest absolute Gasteiger partial charge is 0.376 e. The maximum atomic E-state index is 13.7. The van der Waals surface area contributed by atoms with E-state index in [0.717, 1.165) is 82.1 Å². The van der Waals surface area contributed by atoms with Crippen molar-refractivity contribution in [1.29, 1.82) is 0 Å². The van der Waals surface area contributed by atoms with Crippen molar-refractivity contribution < 1.29 is 18.4 Å². The van der Waals surface area contributed by atoms with Crippen LogP contribution in [0.2, 0.25) is 0 Å². The fraction of sp³-hybridized carbons (Fsp3) is 0.714. The number of amides is 1. The molecule has 1 atom stereocenters. The van der Waals surface area contributed by atoms with Gasteiger partial charge in [-0.2, -0.15) is 0 Å². The van der Waals surface area contributed by atoms with Gasteiger partial charge in [0, 0.05) is 45.2 Å². The van der Waals surface area contributed by atoms with Gasteiger partial charge in [0.2, 0.25) is 5.91 Å². The summed E-state index contributed by atoms with van der Waals surface area (Å²) in [6.45, 7) is 9.85. The van der Waals surface area contributed by atoms with E-state index in [1.165, 1.54) is 31.4 Å². The van der Waals surface area contributed by atoms with Crippen molar-refractivity contribution in [2.75, 3.05) is 44.2 Å². The third-order valence-corrected chi connectivity index (χ3v) is 8.42. The van der Waals surface area contributed by atoms with Crippen LogP contribution < -0.4 is 10.2 Å². The van der Waals surface area contributed by atoms with Crippen molar-refractivity contribution in [2.24, 2.45) is 11.8 Å². The van der Waals surface area contributed by atoms with Gasteiger partial charge in [0.05, 0.1) is 11.0 Å². The highest BCUT2D eigenvalue weighted by Crippen LogP contribution is 2.32. The number of rotatable bonds is 7. The Labute approximate surface area is 213 Å². The smallest absolute Gasteiger partial charge is 0.220 e. The van der Waals surface area contributed by atoms with E-state index in [2.05, 4.69) is 34.1 Å². The van der Waals surface area contributed by atoms with Gasteiger partial charge in [-0.1, -0.05) is 5.16 Å². The van der Waals surface area contributed by atoms with Crippen LogP contribution >= 0.6 is 0 Å². The first kappa shape index (κ1) is 25.5. The number of fused-ring (bicyclic) bond motifs is 1. The average molecular weight is 501 g/mol. The average Bonchev–Trinajstić information content (AvgIpc) is 3.26. The summed E-state index contributed by atoms with van der Waals surface area (Å²) in [6, 6.07) is 4.90. The Kier molecular flexibility index (Phi) is 7.82. The molecule has 3 aliphatic rings. The molecule has 0 spiro atoms. The Bertz CT molecular complexity index is 1020. The molecule has 0 unspecified atom stereocenters. The highest BCUT2D eigenvalue weighted by molar-refractivity contribution is 5.88. The number of carbonyl (C=O) groups excluding carboxylic acids is 1. The molecule has 8 heteroatoms. The van der Waals surface area contributed by atoms with Gasteiger partial charge in [-0.15, -0.1) is 0 Å². The maximum Gasteiger partial charge on any atom is 0.220 e. The predicted molar refractivity (Wildman–Crippen MR) is 138 cm³/mol. The number of hydrogen-bond acceptors (Lipinski definition) is 6. The molecule has 1 aliphatic carbocycles. The molecule has 7 nitrogen and oxygen atoms in total. The number of nitrogens with zero attached hydrogens (tertiary/aromatic N) is 3. The summed E-state index contributed by atoms with van der Waals surface area (Å²) in [6.07, 6.45) is 8.41. The summed E-state index contributed by atoms with van der Waals surface area (Å²) in [5.74, 6) is 1.90. The SMILES string of the molecule is CC1(C)C[C@H](CC(=O)NC2CCC(CCN3CCN(c4noc5ccc(F)cc45)CC3)CC2)CCO1. The van der Waals surface area contributed by atoms with E-state index < -0.39 is 0 Å². The van der Waals surface area contributed by atoms with Gasteiger partial charge in [-0.3, -0.25) is 9.69 Å². The first-order chi connectivity index (χ1) is 17.3. The lowest BCUT2D eigenvalue weighted by Crippen LogP contribution is -2.47. The van der Waals surface area contributed by atoms with Crippen molar-refractivity contribution in [3.8, 4) is 0 Å². The summed E-state index contributed by atoms with van der Waals surface area (Å²) in [5.41, 5.74) is 0.533. The predicted octanol–water partition coefficient (Wildman–Crippen LogP) is 4.75. The van der Waals surface area contributed by atoms with Gasteiger partial charge in [0.1, 0.15) is 5.82 Å². The van der Waals surface area contributed by atoms with E-state index in [9.17, 15) is 9.18 Å². The molecule has 2 aromatic rings. The van der Waals surface area contributed by atoms with Crippen molar-refractivity contribution in [3.05, 3.63) is 24.0 Å². The van der Waals surface area contributed by atoms with Crippen molar-refractivity contribution in [1.82, 2.24) is 15.4 Å². The van der Waals surface area contributed by atoms with E-state index in [-0.39, 0.29) is 17.3 Å². The number of nitrogens with one attached hydrogen (secondary N) is 1. The quantitative estimate of drug-likeness (QED) is 0.592. The highest BCUT2D eigenvalue weighted by atomic mass is 19.1. The number of benzene rings is 1. The molecular weight excluding hydrogens is 459 g/mol. The van der Waals surface area contributed by atoms with E-state index >= 15 is 0 Å². The Morgan fingerprint density at radius 3 is 2.64 bits per heavy atom. The van der Waals surface area contributed by atoms with Crippen LogP contribution in [0.1, 0.15) is 65.2 Å². The van der Waals surface area contributed by atoms with Gasteiger partial charge in [-0.25, -0.2) is 4.39 Å². The summed E-state index contributed by atoms with van der Waals surface area (Å²) in [4.78, 5) is 17.3. The number of halogens is 1. The molecule has 1 N–H and O–H groups in total. The molecular formula is C28H41FN4O3. The molecule has 3 fully saturated rings. The fourth-order valence-corrected chi connectivity index (χ4v) is 6.35. The molecule has 36 heavy (non-hydrogen) atoms. The van der Waals surface area contributed by atoms with Crippen molar-refractivity contribution in [3.63, 3.8) is 0 Å². The van der Waals surface area contributed by atoms with Gasteiger partial charge in [0.25, 0.3) is 0 Å². The summed E-state index contributed by atoms with van der Waals surface area (Å²) >= 11 is 0. The molecule has 1 saturated carbocycles. The Balaban J connectivity index is 0.991.